The average molecular weight is 253 g/mol. The molecular weight excluding hydrogens is 238 g/mol. The quantitative estimate of drug-likeness (QED) is 0.650. The van der Waals surface area contributed by atoms with Gasteiger partial charge in [0.05, 0.1) is 12.7 Å². The topological polar surface area (TPSA) is 38.3 Å². The number of carbonyl (C=O) groups excluding carboxylic acids is 1. The van der Waals surface area contributed by atoms with Crippen LogP contribution in [0.15, 0.2) is 59.8 Å². The minimum atomic E-state index is -0.0550. The molecule has 19 heavy (non-hydrogen) atoms. The molecule has 1 aliphatic heterocycles. The van der Waals surface area contributed by atoms with E-state index < -0.39 is 0 Å². The molecule has 1 atom stereocenters. The van der Waals surface area contributed by atoms with Crippen molar-refractivity contribution in [2.75, 3.05) is 7.11 Å². The van der Waals surface area contributed by atoms with Gasteiger partial charge in [0, 0.05) is 17.2 Å². The lowest BCUT2D eigenvalue weighted by atomic mass is 9.90. The molecule has 2 aliphatic rings. The molecule has 1 fully saturated rings. The van der Waals surface area contributed by atoms with Gasteiger partial charge in [-0.25, -0.2) is 0 Å². The fourth-order valence-electron chi connectivity index (χ4n) is 2.62. The molecule has 3 rings (SSSR count). The summed E-state index contributed by atoms with van der Waals surface area (Å²) in [6, 6.07) is 9.75. The Morgan fingerprint density at radius 3 is 2.84 bits per heavy atom. The van der Waals surface area contributed by atoms with Crippen molar-refractivity contribution >= 4 is 11.7 Å². The summed E-state index contributed by atoms with van der Waals surface area (Å²) in [5.41, 5.74) is 2.63. The molecule has 0 spiro atoms. The molecule has 0 bridgehead atoms. The van der Waals surface area contributed by atoms with Gasteiger partial charge in [-0.1, -0.05) is 42.5 Å². The SMILES string of the molecule is COC(=C1C(=O)NC2=CC=CCC21)c1ccccc1. The molecule has 0 radical (unpaired) electrons. The first-order valence-electron chi connectivity index (χ1n) is 6.33. The summed E-state index contributed by atoms with van der Waals surface area (Å²) in [7, 11) is 1.61. The van der Waals surface area contributed by atoms with Crippen molar-refractivity contribution in [3.63, 3.8) is 0 Å². The summed E-state index contributed by atoms with van der Waals surface area (Å²) < 4.78 is 5.51. The van der Waals surface area contributed by atoms with Crippen LogP contribution in [0.1, 0.15) is 12.0 Å². The molecule has 1 N–H and O–H groups in total. The van der Waals surface area contributed by atoms with Gasteiger partial charge >= 0.3 is 0 Å². The standard InChI is InChI=1S/C16H15NO2/c1-19-15(11-7-3-2-4-8-11)14-12-9-5-6-10-13(12)17-16(14)18/h2-8,10,12H,9H2,1H3,(H,17,18). The van der Waals surface area contributed by atoms with Crippen LogP contribution in [0, 0.1) is 5.92 Å². The van der Waals surface area contributed by atoms with Crippen molar-refractivity contribution < 1.29 is 9.53 Å². The van der Waals surface area contributed by atoms with Gasteiger partial charge in [-0.15, -0.1) is 0 Å². The number of nitrogens with one attached hydrogen (secondary N) is 1. The van der Waals surface area contributed by atoms with Crippen molar-refractivity contribution in [1.82, 2.24) is 5.32 Å². The van der Waals surface area contributed by atoms with Crippen LogP contribution < -0.4 is 5.32 Å². The maximum absolute atomic E-state index is 12.2. The van der Waals surface area contributed by atoms with Crippen LogP contribution in [0.3, 0.4) is 0 Å². The van der Waals surface area contributed by atoms with Gasteiger partial charge in [0.25, 0.3) is 5.91 Å². The van der Waals surface area contributed by atoms with E-state index in [1.165, 1.54) is 0 Å². The highest BCUT2D eigenvalue weighted by Gasteiger charge is 2.36. The number of amides is 1. The molecule has 1 aliphatic carbocycles. The zero-order chi connectivity index (χ0) is 13.2. The first-order valence-corrected chi connectivity index (χ1v) is 6.33. The highest BCUT2D eigenvalue weighted by molar-refractivity contribution is 6.05. The highest BCUT2D eigenvalue weighted by atomic mass is 16.5. The third-order valence-electron chi connectivity index (χ3n) is 3.49. The van der Waals surface area contributed by atoms with Crippen LogP contribution >= 0.6 is 0 Å². The Morgan fingerprint density at radius 1 is 1.32 bits per heavy atom. The molecule has 0 saturated carbocycles. The molecule has 1 aromatic carbocycles. The van der Waals surface area contributed by atoms with Gasteiger partial charge in [-0.3, -0.25) is 4.79 Å². The van der Waals surface area contributed by atoms with E-state index in [2.05, 4.69) is 11.4 Å². The Hall–Kier alpha value is -2.29. The Kier molecular flexibility index (Phi) is 2.95. The lowest BCUT2D eigenvalue weighted by molar-refractivity contribution is -0.116. The van der Waals surface area contributed by atoms with Crippen molar-refractivity contribution in [2.45, 2.75) is 6.42 Å². The van der Waals surface area contributed by atoms with Crippen LogP contribution in [0.25, 0.3) is 5.76 Å². The number of ether oxygens (including phenoxy) is 1. The first-order chi connectivity index (χ1) is 9.31. The lowest BCUT2D eigenvalue weighted by Gasteiger charge is -2.15. The van der Waals surface area contributed by atoms with E-state index in [4.69, 9.17) is 4.74 Å². The highest BCUT2D eigenvalue weighted by Crippen LogP contribution is 2.36. The molecular formula is C16H15NO2. The Bertz CT molecular complexity index is 596. The summed E-state index contributed by atoms with van der Waals surface area (Å²) in [6.07, 6.45) is 6.84. The van der Waals surface area contributed by atoms with E-state index in [0.29, 0.717) is 5.76 Å². The van der Waals surface area contributed by atoms with Crippen LogP contribution in [-0.4, -0.2) is 13.0 Å². The largest absolute Gasteiger partial charge is 0.496 e. The monoisotopic (exact) mass is 253 g/mol. The molecule has 96 valence electrons. The smallest absolute Gasteiger partial charge is 0.255 e. The predicted molar refractivity (Wildman–Crippen MR) is 73.8 cm³/mol. The van der Waals surface area contributed by atoms with E-state index in [1.54, 1.807) is 7.11 Å². The molecule has 1 aromatic rings. The second-order valence-corrected chi connectivity index (χ2v) is 4.61. The van der Waals surface area contributed by atoms with Gasteiger partial charge in [-0.05, 0) is 12.5 Å². The maximum atomic E-state index is 12.2. The summed E-state index contributed by atoms with van der Waals surface area (Å²) in [4.78, 5) is 12.2. The zero-order valence-electron chi connectivity index (χ0n) is 10.7. The minimum absolute atomic E-state index is 0.0550. The van der Waals surface area contributed by atoms with E-state index in [9.17, 15) is 4.79 Å². The van der Waals surface area contributed by atoms with Gasteiger partial charge in [-0.2, -0.15) is 0 Å². The van der Waals surface area contributed by atoms with Crippen LogP contribution in [0.2, 0.25) is 0 Å². The predicted octanol–water partition coefficient (Wildman–Crippen LogP) is 2.63. The molecule has 3 heteroatoms. The number of fused-ring (bicyclic) bond motifs is 1. The first kappa shape index (κ1) is 11.8. The van der Waals surface area contributed by atoms with Gasteiger partial charge < -0.3 is 10.1 Å². The number of benzene rings is 1. The maximum Gasteiger partial charge on any atom is 0.255 e. The van der Waals surface area contributed by atoms with Gasteiger partial charge in [0.1, 0.15) is 5.76 Å². The number of allylic oxidation sites excluding steroid dienone is 4. The van der Waals surface area contributed by atoms with Crippen LogP contribution in [-0.2, 0) is 9.53 Å². The number of rotatable bonds is 2. The Morgan fingerprint density at radius 2 is 2.11 bits per heavy atom. The van der Waals surface area contributed by atoms with Crippen LogP contribution in [0.5, 0.6) is 0 Å². The third-order valence-corrected chi connectivity index (χ3v) is 3.49. The Balaban J connectivity index is 2.12. The number of methoxy groups -OCH3 is 1. The van der Waals surface area contributed by atoms with E-state index in [-0.39, 0.29) is 11.8 Å². The number of hydrogen-bond acceptors (Lipinski definition) is 2. The summed E-state index contributed by atoms with van der Waals surface area (Å²) in [5.74, 6) is 0.704. The normalized spacial score (nSPS) is 23.5. The van der Waals surface area contributed by atoms with E-state index >= 15 is 0 Å². The molecule has 3 nitrogen and oxygen atoms in total. The van der Waals surface area contributed by atoms with Crippen molar-refractivity contribution in [3.05, 3.63) is 65.4 Å². The zero-order valence-corrected chi connectivity index (χ0v) is 10.7. The minimum Gasteiger partial charge on any atom is -0.496 e. The molecule has 1 amide bonds. The lowest BCUT2D eigenvalue weighted by Crippen LogP contribution is -2.14. The second kappa shape index (κ2) is 4.76. The molecule has 0 aromatic heterocycles. The summed E-state index contributed by atoms with van der Waals surface area (Å²) in [5, 5.41) is 2.92. The number of carbonyl (C=O) groups is 1. The molecule has 1 saturated heterocycles. The van der Waals surface area contributed by atoms with Crippen molar-refractivity contribution in [3.8, 4) is 0 Å². The molecule has 1 unspecified atom stereocenters. The van der Waals surface area contributed by atoms with E-state index in [0.717, 1.165) is 23.3 Å². The summed E-state index contributed by atoms with van der Waals surface area (Å²) >= 11 is 0. The van der Waals surface area contributed by atoms with Crippen molar-refractivity contribution in [1.29, 1.82) is 0 Å². The summed E-state index contributed by atoms with van der Waals surface area (Å²) in [6.45, 7) is 0. The van der Waals surface area contributed by atoms with Crippen LogP contribution in [0.4, 0.5) is 0 Å². The third kappa shape index (κ3) is 1.97. The second-order valence-electron chi connectivity index (χ2n) is 4.61. The molecule has 1 heterocycles. The van der Waals surface area contributed by atoms with E-state index in [1.807, 2.05) is 42.5 Å². The fourth-order valence-corrected chi connectivity index (χ4v) is 2.62. The van der Waals surface area contributed by atoms with Gasteiger partial charge in [0.2, 0.25) is 0 Å². The van der Waals surface area contributed by atoms with Gasteiger partial charge in [0.15, 0.2) is 0 Å². The fraction of sp³-hybridized carbons (Fsp3) is 0.188. The van der Waals surface area contributed by atoms with Crippen molar-refractivity contribution in [2.24, 2.45) is 5.92 Å². The Labute approximate surface area is 112 Å². The average Bonchev–Trinajstić information content (AvgIpc) is 2.78. The number of hydrogen-bond donors (Lipinski definition) is 1.